The molecule has 1 N–H and O–H groups in total. The molecule has 0 aliphatic carbocycles. The average molecular weight is 364 g/mol. The summed E-state index contributed by atoms with van der Waals surface area (Å²) in [6.45, 7) is 7.07. The van der Waals surface area contributed by atoms with E-state index < -0.39 is 23.5 Å². The Labute approximate surface area is 150 Å². The van der Waals surface area contributed by atoms with Crippen molar-refractivity contribution in [3.63, 3.8) is 0 Å². The van der Waals surface area contributed by atoms with Crippen LogP contribution in [0.15, 0.2) is 24.7 Å². The van der Waals surface area contributed by atoms with Crippen LogP contribution in [0.25, 0.3) is 0 Å². The summed E-state index contributed by atoms with van der Waals surface area (Å²) < 4.78 is 25.8. The largest absolute Gasteiger partial charge is 0.461 e. The van der Waals surface area contributed by atoms with Crippen molar-refractivity contribution >= 4 is 17.7 Å². The summed E-state index contributed by atoms with van der Waals surface area (Å²) in [5, 5.41) is 6.60. The number of hydrogen-bond acceptors (Lipinski definition) is 6. The summed E-state index contributed by atoms with van der Waals surface area (Å²) in [5.74, 6) is -1.58. The molecule has 0 aliphatic heterocycles. The number of nitrogens with zero attached hydrogens (tertiary/aromatic N) is 3. The molecule has 9 heteroatoms. The second-order valence-electron chi connectivity index (χ2n) is 6.41. The van der Waals surface area contributed by atoms with E-state index in [0.717, 1.165) is 0 Å². The second-order valence-corrected chi connectivity index (χ2v) is 6.41. The van der Waals surface area contributed by atoms with Crippen molar-refractivity contribution in [2.24, 2.45) is 0 Å². The zero-order chi connectivity index (χ0) is 19.3. The maximum absolute atomic E-state index is 14.4. The van der Waals surface area contributed by atoms with E-state index in [9.17, 15) is 14.0 Å². The second kappa shape index (κ2) is 7.94. The van der Waals surface area contributed by atoms with Gasteiger partial charge in [0.2, 0.25) is 0 Å². The van der Waals surface area contributed by atoms with E-state index in [-0.39, 0.29) is 24.4 Å². The van der Waals surface area contributed by atoms with Gasteiger partial charge in [-0.15, -0.1) is 0 Å². The Balaban J connectivity index is 2.08. The summed E-state index contributed by atoms with van der Waals surface area (Å²) in [4.78, 5) is 27.2. The van der Waals surface area contributed by atoms with Gasteiger partial charge in [-0.05, 0) is 33.8 Å². The van der Waals surface area contributed by atoms with Crippen LogP contribution in [-0.2, 0) is 16.0 Å². The number of aromatic nitrogens is 3. The number of esters is 1. The van der Waals surface area contributed by atoms with Crippen LogP contribution in [0.2, 0.25) is 0 Å². The molecule has 0 bridgehead atoms. The van der Waals surface area contributed by atoms with E-state index in [0.29, 0.717) is 5.69 Å². The number of carbonyl (C=O) groups is 2. The van der Waals surface area contributed by atoms with Gasteiger partial charge in [0.1, 0.15) is 5.60 Å². The highest BCUT2D eigenvalue weighted by atomic mass is 19.1. The molecule has 0 unspecified atom stereocenters. The molecule has 2 rings (SSSR count). The van der Waals surface area contributed by atoms with E-state index >= 15 is 0 Å². The summed E-state index contributed by atoms with van der Waals surface area (Å²) >= 11 is 0. The van der Waals surface area contributed by atoms with Crippen molar-refractivity contribution in [1.82, 2.24) is 14.8 Å². The van der Waals surface area contributed by atoms with Crippen LogP contribution in [0.1, 0.15) is 43.7 Å². The SMILES string of the molecule is CCOC(=O)c1nccc(Cn2cc(NC(=O)OC(C)(C)C)cn2)c1F. The molecule has 0 spiro atoms. The van der Waals surface area contributed by atoms with Crippen LogP contribution >= 0.6 is 0 Å². The molecule has 0 aliphatic rings. The molecule has 0 aromatic carbocycles. The van der Waals surface area contributed by atoms with Gasteiger partial charge in [0.05, 0.1) is 25.0 Å². The highest BCUT2D eigenvalue weighted by Gasteiger charge is 2.19. The van der Waals surface area contributed by atoms with Crippen LogP contribution in [0, 0.1) is 5.82 Å². The highest BCUT2D eigenvalue weighted by molar-refractivity contribution is 5.87. The minimum atomic E-state index is -0.820. The number of ether oxygens (including phenoxy) is 2. The summed E-state index contributed by atoms with van der Waals surface area (Å²) in [6.07, 6.45) is 3.65. The Hall–Kier alpha value is -2.97. The average Bonchev–Trinajstić information content (AvgIpc) is 2.94. The number of hydrogen-bond donors (Lipinski definition) is 1. The fraction of sp³-hybridized carbons (Fsp3) is 0.412. The van der Waals surface area contributed by atoms with Crippen molar-refractivity contribution in [2.75, 3.05) is 11.9 Å². The van der Waals surface area contributed by atoms with Gasteiger partial charge in [-0.2, -0.15) is 5.10 Å². The zero-order valence-electron chi connectivity index (χ0n) is 15.1. The van der Waals surface area contributed by atoms with E-state index in [4.69, 9.17) is 9.47 Å². The number of carbonyl (C=O) groups excluding carboxylic acids is 2. The van der Waals surface area contributed by atoms with Gasteiger partial charge in [-0.1, -0.05) is 0 Å². The lowest BCUT2D eigenvalue weighted by molar-refractivity contribution is 0.0512. The monoisotopic (exact) mass is 364 g/mol. The zero-order valence-corrected chi connectivity index (χ0v) is 15.1. The Bertz CT molecular complexity index is 798. The first-order valence-electron chi connectivity index (χ1n) is 8.02. The number of rotatable bonds is 5. The fourth-order valence-corrected chi connectivity index (χ4v) is 2.06. The number of pyridine rings is 1. The minimum absolute atomic E-state index is 0.0523. The molecule has 2 aromatic rings. The standard InChI is InChI=1S/C17H21FN4O4/c1-5-25-15(23)14-13(18)11(6-7-19-14)9-22-10-12(8-20-22)21-16(24)26-17(2,3)4/h6-8,10H,5,9H2,1-4H3,(H,21,24). The molecule has 140 valence electrons. The van der Waals surface area contributed by atoms with Gasteiger partial charge in [0.25, 0.3) is 0 Å². The molecule has 0 fully saturated rings. The molecule has 2 aromatic heterocycles. The van der Waals surface area contributed by atoms with Crippen molar-refractivity contribution in [3.8, 4) is 0 Å². The third-order valence-electron chi connectivity index (χ3n) is 3.05. The Morgan fingerprint density at radius 3 is 2.73 bits per heavy atom. The number of amides is 1. The molecule has 0 saturated heterocycles. The maximum Gasteiger partial charge on any atom is 0.412 e. The van der Waals surface area contributed by atoms with E-state index in [1.807, 2.05) is 0 Å². The first-order valence-corrected chi connectivity index (χ1v) is 8.02. The maximum atomic E-state index is 14.4. The lowest BCUT2D eigenvalue weighted by atomic mass is 10.2. The molecular formula is C17H21FN4O4. The number of halogens is 1. The molecule has 0 saturated carbocycles. The van der Waals surface area contributed by atoms with Gasteiger partial charge in [0.15, 0.2) is 11.5 Å². The first-order chi connectivity index (χ1) is 12.2. The normalized spacial score (nSPS) is 11.1. The summed E-state index contributed by atoms with van der Waals surface area (Å²) in [6, 6.07) is 1.45. The first kappa shape index (κ1) is 19.4. The highest BCUT2D eigenvalue weighted by Crippen LogP contribution is 2.15. The molecular weight excluding hydrogens is 343 g/mol. The van der Waals surface area contributed by atoms with E-state index in [1.165, 1.54) is 29.3 Å². The van der Waals surface area contributed by atoms with Crippen molar-refractivity contribution in [2.45, 2.75) is 39.8 Å². The molecule has 8 nitrogen and oxygen atoms in total. The summed E-state index contributed by atoms with van der Waals surface area (Å²) in [5.41, 5.74) is -0.373. The van der Waals surface area contributed by atoms with Gasteiger partial charge >= 0.3 is 12.1 Å². The van der Waals surface area contributed by atoms with Crippen LogP contribution in [0.3, 0.4) is 0 Å². The third kappa shape index (κ3) is 5.27. The Morgan fingerprint density at radius 2 is 2.08 bits per heavy atom. The van der Waals surface area contributed by atoms with Gasteiger partial charge < -0.3 is 9.47 Å². The molecule has 2 heterocycles. The Kier molecular flexibility index (Phi) is 5.91. The van der Waals surface area contributed by atoms with E-state index in [2.05, 4.69) is 15.4 Å². The van der Waals surface area contributed by atoms with Crippen LogP contribution in [0.4, 0.5) is 14.9 Å². The van der Waals surface area contributed by atoms with Crippen molar-refractivity contribution in [1.29, 1.82) is 0 Å². The van der Waals surface area contributed by atoms with Gasteiger partial charge in [-0.3, -0.25) is 10.00 Å². The van der Waals surface area contributed by atoms with Crippen molar-refractivity contribution in [3.05, 3.63) is 41.7 Å². The van der Waals surface area contributed by atoms with Gasteiger partial charge in [-0.25, -0.2) is 19.0 Å². The van der Waals surface area contributed by atoms with Crippen LogP contribution < -0.4 is 5.32 Å². The number of nitrogens with one attached hydrogen (secondary N) is 1. The molecule has 0 atom stereocenters. The number of anilines is 1. The summed E-state index contributed by atoms with van der Waals surface area (Å²) in [7, 11) is 0. The van der Waals surface area contributed by atoms with E-state index in [1.54, 1.807) is 27.7 Å². The predicted octanol–water partition coefficient (Wildman–Crippen LogP) is 2.99. The molecule has 0 radical (unpaired) electrons. The quantitative estimate of drug-likeness (QED) is 0.820. The Morgan fingerprint density at radius 1 is 1.35 bits per heavy atom. The van der Waals surface area contributed by atoms with Crippen LogP contribution in [0.5, 0.6) is 0 Å². The van der Waals surface area contributed by atoms with Crippen LogP contribution in [-0.4, -0.2) is 39.0 Å². The fourth-order valence-electron chi connectivity index (χ4n) is 2.06. The lowest BCUT2D eigenvalue weighted by Gasteiger charge is -2.19. The smallest absolute Gasteiger partial charge is 0.412 e. The molecule has 26 heavy (non-hydrogen) atoms. The lowest BCUT2D eigenvalue weighted by Crippen LogP contribution is -2.27. The minimum Gasteiger partial charge on any atom is -0.461 e. The molecule has 1 amide bonds. The predicted molar refractivity (Wildman–Crippen MR) is 91.3 cm³/mol. The van der Waals surface area contributed by atoms with Gasteiger partial charge in [0, 0.05) is 18.0 Å². The topological polar surface area (TPSA) is 95.3 Å². The third-order valence-corrected chi connectivity index (χ3v) is 3.05. The van der Waals surface area contributed by atoms with Crippen molar-refractivity contribution < 1.29 is 23.5 Å².